The number of aliphatic hydroxyl groups is 1. The van der Waals surface area contributed by atoms with Crippen LogP contribution in [0.15, 0.2) is 46.3 Å². The second-order valence-corrected chi connectivity index (χ2v) is 6.60. The molecule has 2 heteroatoms. The van der Waals surface area contributed by atoms with Gasteiger partial charge in [0, 0.05) is 6.42 Å². The largest absolute Gasteiger partial charge is 0.483 e. The topological polar surface area (TPSA) is 32.8 Å². The molecule has 0 radical (unpaired) electrons. The maximum absolute atomic E-state index is 8.83. The van der Waals surface area contributed by atoms with E-state index in [1.807, 2.05) is 6.08 Å². The maximum Gasteiger partial charge on any atom is 0.159 e. The van der Waals surface area contributed by atoms with Gasteiger partial charge in [0.25, 0.3) is 0 Å². The first-order valence-corrected chi connectivity index (χ1v) is 8.35. The smallest absolute Gasteiger partial charge is 0.159 e. The molecular formula is C20H32O2. The van der Waals surface area contributed by atoms with E-state index in [1.165, 1.54) is 28.1 Å². The summed E-state index contributed by atoms with van der Waals surface area (Å²) in [4.78, 5) is 0. The highest BCUT2D eigenvalue weighted by Crippen LogP contribution is 2.36. The van der Waals surface area contributed by atoms with Crippen molar-refractivity contribution in [2.45, 2.75) is 72.8 Å². The molecule has 1 aliphatic rings. The molecule has 1 unspecified atom stereocenters. The van der Waals surface area contributed by atoms with E-state index in [0.717, 1.165) is 32.1 Å². The average Bonchev–Trinajstić information content (AvgIpc) is 3.17. The van der Waals surface area contributed by atoms with Gasteiger partial charge in [0.1, 0.15) is 5.76 Å². The van der Waals surface area contributed by atoms with E-state index in [-0.39, 0.29) is 6.61 Å². The minimum Gasteiger partial charge on any atom is -0.483 e. The minimum atomic E-state index is 0.143. The van der Waals surface area contributed by atoms with Gasteiger partial charge in [-0.1, -0.05) is 34.9 Å². The highest BCUT2D eigenvalue weighted by Gasteiger charge is 2.34. The normalized spacial score (nSPS) is 20.5. The van der Waals surface area contributed by atoms with Gasteiger partial charge in [0.15, 0.2) is 6.10 Å². The fraction of sp³-hybridized carbons (Fsp3) is 0.600. The molecule has 0 amide bonds. The van der Waals surface area contributed by atoms with Crippen LogP contribution in [0.25, 0.3) is 0 Å². The molecule has 0 aromatic heterocycles. The zero-order valence-electron chi connectivity index (χ0n) is 14.9. The number of aliphatic hydroxyl groups excluding tert-OH is 1. The van der Waals surface area contributed by atoms with Crippen LogP contribution in [0.2, 0.25) is 0 Å². The fourth-order valence-corrected chi connectivity index (χ4v) is 2.51. The number of ether oxygens (including phenoxy) is 1. The summed E-state index contributed by atoms with van der Waals surface area (Å²) in [6, 6.07) is 0. The number of hydrogen-bond acceptors (Lipinski definition) is 2. The Morgan fingerprint density at radius 3 is 2.27 bits per heavy atom. The first kappa shape index (κ1) is 18.8. The summed E-state index contributed by atoms with van der Waals surface area (Å²) in [5.41, 5.74) is 5.44. The van der Waals surface area contributed by atoms with E-state index in [4.69, 9.17) is 9.84 Å². The lowest BCUT2D eigenvalue weighted by Crippen LogP contribution is -1.88. The van der Waals surface area contributed by atoms with Crippen molar-refractivity contribution < 1.29 is 9.84 Å². The molecule has 1 N–H and O–H groups in total. The summed E-state index contributed by atoms with van der Waals surface area (Å²) < 4.78 is 5.75. The van der Waals surface area contributed by atoms with Crippen LogP contribution in [0.5, 0.6) is 0 Å². The van der Waals surface area contributed by atoms with Gasteiger partial charge >= 0.3 is 0 Å². The Kier molecular flexibility index (Phi) is 8.26. The lowest BCUT2D eigenvalue weighted by molar-refractivity contribution is 0.341. The predicted molar refractivity (Wildman–Crippen MR) is 94.7 cm³/mol. The van der Waals surface area contributed by atoms with Crippen molar-refractivity contribution in [3.05, 3.63) is 46.3 Å². The molecule has 1 heterocycles. The van der Waals surface area contributed by atoms with E-state index in [2.05, 4.69) is 46.8 Å². The van der Waals surface area contributed by atoms with Gasteiger partial charge < -0.3 is 9.84 Å². The molecule has 0 saturated carbocycles. The Morgan fingerprint density at radius 1 is 0.955 bits per heavy atom. The Morgan fingerprint density at radius 2 is 1.64 bits per heavy atom. The minimum absolute atomic E-state index is 0.143. The number of hydrogen-bond donors (Lipinski definition) is 1. The van der Waals surface area contributed by atoms with Crippen LogP contribution in [-0.4, -0.2) is 17.8 Å². The zero-order valence-corrected chi connectivity index (χ0v) is 14.9. The first-order chi connectivity index (χ1) is 10.4. The molecule has 0 bridgehead atoms. The molecule has 2 nitrogen and oxygen atoms in total. The van der Waals surface area contributed by atoms with Crippen molar-refractivity contribution in [1.29, 1.82) is 0 Å². The first-order valence-electron chi connectivity index (χ1n) is 8.35. The van der Waals surface area contributed by atoms with E-state index >= 15 is 0 Å². The summed E-state index contributed by atoms with van der Waals surface area (Å²) >= 11 is 0. The number of rotatable bonds is 9. The molecule has 0 aromatic carbocycles. The van der Waals surface area contributed by atoms with Crippen LogP contribution < -0.4 is 0 Å². The molecule has 0 spiro atoms. The summed E-state index contributed by atoms with van der Waals surface area (Å²) in [5, 5.41) is 8.83. The van der Waals surface area contributed by atoms with Gasteiger partial charge in [-0.25, -0.2) is 0 Å². The highest BCUT2D eigenvalue weighted by molar-refractivity contribution is 5.24. The molecule has 22 heavy (non-hydrogen) atoms. The van der Waals surface area contributed by atoms with Crippen molar-refractivity contribution in [2.24, 2.45) is 0 Å². The standard InChI is InChI=1S/C20H32O2/c1-15(2)8-6-11-18(5)20-19(22-20)14-17(4)10-7-9-16(3)12-13-21/h8,10,12,19,21H,6-7,9,11,13-14H2,1-5H3/b16-12+,17-10?,20-18-. The van der Waals surface area contributed by atoms with Crippen molar-refractivity contribution >= 4 is 0 Å². The fourth-order valence-electron chi connectivity index (χ4n) is 2.51. The molecule has 0 aliphatic carbocycles. The van der Waals surface area contributed by atoms with Gasteiger partial charge in [-0.05, 0) is 65.9 Å². The van der Waals surface area contributed by atoms with E-state index in [1.54, 1.807) is 0 Å². The van der Waals surface area contributed by atoms with Gasteiger partial charge in [-0.3, -0.25) is 0 Å². The Bertz CT molecular complexity index is 474. The summed E-state index contributed by atoms with van der Waals surface area (Å²) in [6.07, 6.45) is 12.1. The van der Waals surface area contributed by atoms with Crippen molar-refractivity contribution in [1.82, 2.24) is 0 Å². The highest BCUT2D eigenvalue weighted by atomic mass is 16.6. The lowest BCUT2D eigenvalue weighted by Gasteiger charge is -1.99. The van der Waals surface area contributed by atoms with Crippen LogP contribution in [-0.2, 0) is 4.74 Å². The van der Waals surface area contributed by atoms with E-state index in [0.29, 0.717) is 6.10 Å². The molecule has 1 fully saturated rings. The summed E-state index contributed by atoms with van der Waals surface area (Å²) in [6.45, 7) is 10.9. The van der Waals surface area contributed by atoms with Gasteiger partial charge in [-0.2, -0.15) is 0 Å². The van der Waals surface area contributed by atoms with Gasteiger partial charge in [0.2, 0.25) is 0 Å². The third kappa shape index (κ3) is 7.65. The van der Waals surface area contributed by atoms with Crippen molar-refractivity contribution in [3.8, 4) is 0 Å². The zero-order chi connectivity index (χ0) is 16.5. The molecule has 1 saturated heterocycles. The number of epoxide rings is 1. The van der Waals surface area contributed by atoms with Crippen LogP contribution >= 0.6 is 0 Å². The Labute approximate surface area is 136 Å². The van der Waals surface area contributed by atoms with Crippen LogP contribution in [0.3, 0.4) is 0 Å². The molecule has 1 atom stereocenters. The molecule has 0 aromatic rings. The van der Waals surface area contributed by atoms with Gasteiger partial charge in [0.05, 0.1) is 6.61 Å². The molecule has 1 aliphatic heterocycles. The monoisotopic (exact) mass is 304 g/mol. The van der Waals surface area contributed by atoms with Gasteiger partial charge in [-0.15, -0.1) is 0 Å². The lowest BCUT2D eigenvalue weighted by atomic mass is 10.0. The van der Waals surface area contributed by atoms with E-state index < -0.39 is 0 Å². The summed E-state index contributed by atoms with van der Waals surface area (Å²) in [7, 11) is 0. The molecular weight excluding hydrogens is 272 g/mol. The maximum atomic E-state index is 8.83. The SMILES string of the molecule is CC(C)=CCC/C(C)=C1\OC1CC(C)=CCC/C(C)=C/CO. The third-order valence-corrected chi connectivity index (χ3v) is 3.98. The van der Waals surface area contributed by atoms with Crippen molar-refractivity contribution in [3.63, 3.8) is 0 Å². The van der Waals surface area contributed by atoms with Crippen LogP contribution in [0.1, 0.15) is 66.7 Å². The summed E-state index contributed by atoms with van der Waals surface area (Å²) in [5.74, 6) is 1.21. The molecule has 124 valence electrons. The van der Waals surface area contributed by atoms with Crippen LogP contribution in [0.4, 0.5) is 0 Å². The molecule has 1 rings (SSSR count). The second-order valence-electron chi connectivity index (χ2n) is 6.60. The number of allylic oxidation sites excluding steroid dienone is 5. The predicted octanol–water partition coefficient (Wildman–Crippen LogP) is 5.46. The van der Waals surface area contributed by atoms with Crippen molar-refractivity contribution in [2.75, 3.05) is 6.61 Å². The average molecular weight is 304 g/mol. The second kappa shape index (κ2) is 9.68. The Balaban J connectivity index is 2.33. The quantitative estimate of drug-likeness (QED) is 0.453. The van der Waals surface area contributed by atoms with Crippen LogP contribution in [0, 0.1) is 0 Å². The Hall–Kier alpha value is -1.28. The third-order valence-electron chi connectivity index (χ3n) is 3.98. The van der Waals surface area contributed by atoms with E-state index in [9.17, 15) is 0 Å².